The van der Waals surface area contributed by atoms with Crippen LogP contribution in [-0.2, 0) is 6.42 Å². The van der Waals surface area contributed by atoms with Crippen molar-refractivity contribution in [2.24, 2.45) is 0 Å². The smallest absolute Gasteiger partial charge is 0.0441 e. The molecule has 13 heavy (non-hydrogen) atoms. The van der Waals surface area contributed by atoms with Crippen molar-refractivity contribution in [3.63, 3.8) is 0 Å². The fourth-order valence-electron chi connectivity index (χ4n) is 1.80. The van der Waals surface area contributed by atoms with E-state index < -0.39 is 0 Å². The van der Waals surface area contributed by atoms with Crippen LogP contribution in [0.15, 0.2) is 23.1 Å². The molecule has 0 fully saturated rings. The van der Waals surface area contributed by atoms with Gasteiger partial charge in [0.05, 0.1) is 0 Å². The van der Waals surface area contributed by atoms with Crippen molar-refractivity contribution in [2.75, 3.05) is 6.61 Å². The molecule has 1 heterocycles. The molecule has 2 rings (SSSR count). The molecular weight excluding hydrogens is 180 g/mol. The van der Waals surface area contributed by atoms with Crippen LogP contribution in [0.2, 0.25) is 0 Å². The number of aliphatic hydroxyl groups excluding tert-OH is 1. The molecule has 1 aliphatic rings. The first kappa shape index (κ1) is 9.10. The van der Waals surface area contributed by atoms with Crippen molar-refractivity contribution < 1.29 is 5.11 Å². The van der Waals surface area contributed by atoms with Gasteiger partial charge in [-0.3, -0.25) is 0 Å². The van der Waals surface area contributed by atoms with Gasteiger partial charge in [-0.1, -0.05) is 12.1 Å². The van der Waals surface area contributed by atoms with E-state index in [4.69, 9.17) is 5.11 Å². The average molecular weight is 194 g/mol. The summed E-state index contributed by atoms with van der Waals surface area (Å²) >= 11 is 1.91. The van der Waals surface area contributed by atoms with Crippen molar-refractivity contribution in [2.45, 2.75) is 29.9 Å². The third-order valence-electron chi connectivity index (χ3n) is 2.54. The number of thioether (sulfide) groups is 1. The van der Waals surface area contributed by atoms with E-state index in [0.717, 1.165) is 12.8 Å². The highest BCUT2D eigenvalue weighted by Crippen LogP contribution is 2.39. The number of aliphatic hydroxyl groups is 1. The predicted octanol–water partition coefficient (Wildman–Crippen LogP) is 2.39. The predicted molar refractivity (Wildman–Crippen MR) is 56.2 cm³/mol. The van der Waals surface area contributed by atoms with E-state index in [2.05, 4.69) is 25.1 Å². The summed E-state index contributed by atoms with van der Waals surface area (Å²) in [7, 11) is 0. The minimum Gasteiger partial charge on any atom is -0.396 e. The van der Waals surface area contributed by atoms with Gasteiger partial charge in [-0.2, -0.15) is 0 Å². The highest BCUT2D eigenvalue weighted by Gasteiger charge is 2.22. The lowest BCUT2D eigenvalue weighted by Crippen LogP contribution is -2.03. The topological polar surface area (TPSA) is 20.2 Å². The van der Waals surface area contributed by atoms with Crippen molar-refractivity contribution >= 4 is 11.8 Å². The van der Waals surface area contributed by atoms with Crippen molar-refractivity contribution in [1.29, 1.82) is 0 Å². The summed E-state index contributed by atoms with van der Waals surface area (Å²) in [6, 6.07) is 6.47. The third kappa shape index (κ3) is 1.74. The van der Waals surface area contributed by atoms with E-state index in [0.29, 0.717) is 11.9 Å². The Kier molecular flexibility index (Phi) is 2.61. The quantitative estimate of drug-likeness (QED) is 0.780. The Morgan fingerprint density at radius 1 is 1.54 bits per heavy atom. The molecule has 0 aliphatic carbocycles. The number of hydrogen-bond acceptors (Lipinski definition) is 2. The second-order valence-corrected chi connectivity index (χ2v) is 4.85. The maximum atomic E-state index is 8.86. The first-order chi connectivity index (χ1) is 6.31. The number of hydrogen-bond donors (Lipinski definition) is 1. The fraction of sp³-hybridized carbons (Fsp3) is 0.455. The van der Waals surface area contributed by atoms with Crippen molar-refractivity contribution in [3.8, 4) is 0 Å². The van der Waals surface area contributed by atoms with Crippen LogP contribution < -0.4 is 0 Å². The van der Waals surface area contributed by atoms with Crippen LogP contribution in [0.4, 0.5) is 0 Å². The Balaban J connectivity index is 2.20. The fourth-order valence-corrected chi connectivity index (χ4v) is 3.18. The summed E-state index contributed by atoms with van der Waals surface area (Å²) in [6.45, 7) is 2.48. The normalized spacial score (nSPS) is 20.3. The van der Waals surface area contributed by atoms with Crippen LogP contribution in [-0.4, -0.2) is 17.0 Å². The lowest BCUT2D eigenvalue weighted by Gasteiger charge is -2.03. The van der Waals surface area contributed by atoms with Crippen LogP contribution in [0.5, 0.6) is 0 Å². The van der Waals surface area contributed by atoms with Gasteiger partial charge < -0.3 is 5.11 Å². The van der Waals surface area contributed by atoms with Gasteiger partial charge >= 0.3 is 0 Å². The summed E-state index contributed by atoms with van der Waals surface area (Å²) in [6.07, 6.45) is 2.05. The van der Waals surface area contributed by atoms with E-state index in [-0.39, 0.29) is 0 Å². The van der Waals surface area contributed by atoms with Gasteiger partial charge in [0.2, 0.25) is 0 Å². The molecule has 70 valence electrons. The number of aryl methyl sites for hydroxylation is 1. The Bertz CT molecular complexity index is 309. The zero-order valence-electron chi connectivity index (χ0n) is 7.79. The molecule has 0 saturated heterocycles. The first-order valence-electron chi connectivity index (χ1n) is 4.67. The Hall–Kier alpha value is -0.470. The summed E-state index contributed by atoms with van der Waals surface area (Å²) in [5.41, 5.74) is 2.89. The summed E-state index contributed by atoms with van der Waals surface area (Å²) < 4.78 is 0. The van der Waals surface area contributed by atoms with E-state index in [1.165, 1.54) is 16.0 Å². The second kappa shape index (κ2) is 3.72. The van der Waals surface area contributed by atoms with Gasteiger partial charge in [-0.25, -0.2) is 0 Å². The summed E-state index contributed by atoms with van der Waals surface area (Å²) in [4.78, 5) is 1.42. The summed E-state index contributed by atoms with van der Waals surface area (Å²) in [5, 5.41) is 9.46. The van der Waals surface area contributed by atoms with Gasteiger partial charge in [0.1, 0.15) is 0 Å². The van der Waals surface area contributed by atoms with Crippen LogP contribution in [0, 0.1) is 6.92 Å². The highest BCUT2D eigenvalue weighted by molar-refractivity contribution is 8.00. The SMILES string of the molecule is Cc1cccc2c1CC(CCO)S2. The molecule has 0 saturated carbocycles. The number of rotatable bonds is 2. The molecule has 0 amide bonds. The van der Waals surface area contributed by atoms with Gasteiger partial charge in [-0.15, -0.1) is 11.8 Å². The van der Waals surface area contributed by atoms with Gasteiger partial charge in [0, 0.05) is 16.8 Å². The van der Waals surface area contributed by atoms with Crippen molar-refractivity contribution in [3.05, 3.63) is 29.3 Å². The first-order valence-corrected chi connectivity index (χ1v) is 5.55. The van der Waals surface area contributed by atoms with E-state index in [1.807, 2.05) is 11.8 Å². The van der Waals surface area contributed by atoms with E-state index in [1.54, 1.807) is 0 Å². The standard InChI is InChI=1S/C11H14OS/c1-8-3-2-4-11-10(8)7-9(13-11)5-6-12/h2-4,9,12H,5-7H2,1H3. The molecule has 1 atom stereocenters. The van der Waals surface area contributed by atoms with Gasteiger partial charge in [0.15, 0.2) is 0 Å². The van der Waals surface area contributed by atoms with Crippen LogP contribution in [0.25, 0.3) is 0 Å². The third-order valence-corrected chi connectivity index (χ3v) is 3.92. The molecular formula is C11H14OS. The molecule has 1 aromatic carbocycles. The average Bonchev–Trinajstić information content (AvgIpc) is 2.49. The maximum Gasteiger partial charge on any atom is 0.0441 e. The Morgan fingerprint density at radius 3 is 3.08 bits per heavy atom. The molecule has 1 unspecified atom stereocenters. The largest absolute Gasteiger partial charge is 0.396 e. The molecule has 0 aromatic heterocycles. The molecule has 2 heteroatoms. The molecule has 1 aliphatic heterocycles. The Morgan fingerprint density at radius 2 is 2.38 bits per heavy atom. The second-order valence-electron chi connectivity index (χ2n) is 3.51. The zero-order chi connectivity index (χ0) is 9.26. The van der Waals surface area contributed by atoms with Crippen LogP contribution >= 0.6 is 11.8 Å². The van der Waals surface area contributed by atoms with Gasteiger partial charge in [-0.05, 0) is 37.0 Å². The van der Waals surface area contributed by atoms with Gasteiger partial charge in [0.25, 0.3) is 0 Å². The maximum absolute atomic E-state index is 8.86. The molecule has 0 bridgehead atoms. The Labute approximate surface area is 83.2 Å². The lowest BCUT2D eigenvalue weighted by molar-refractivity contribution is 0.287. The number of fused-ring (bicyclic) bond motifs is 1. The molecule has 0 radical (unpaired) electrons. The highest BCUT2D eigenvalue weighted by atomic mass is 32.2. The number of benzene rings is 1. The molecule has 1 nitrogen and oxygen atoms in total. The molecule has 1 aromatic rings. The van der Waals surface area contributed by atoms with Crippen LogP contribution in [0.3, 0.4) is 0 Å². The minimum atomic E-state index is 0.310. The zero-order valence-corrected chi connectivity index (χ0v) is 8.60. The van der Waals surface area contributed by atoms with E-state index in [9.17, 15) is 0 Å². The lowest BCUT2D eigenvalue weighted by atomic mass is 10.0. The van der Waals surface area contributed by atoms with Crippen molar-refractivity contribution in [1.82, 2.24) is 0 Å². The molecule has 1 N–H and O–H groups in total. The minimum absolute atomic E-state index is 0.310. The van der Waals surface area contributed by atoms with Crippen LogP contribution in [0.1, 0.15) is 17.5 Å². The monoisotopic (exact) mass is 194 g/mol. The summed E-state index contributed by atoms with van der Waals surface area (Å²) in [5.74, 6) is 0. The van der Waals surface area contributed by atoms with E-state index >= 15 is 0 Å². The molecule has 0 spiro atoms.